The zero-order valence-electron chi connectivity index (χ0n) is 36.3. The molecular weight excluding hydrogens is 835 g/mol. The minimum absolute atomic E-state index is 0.535. The van der Waals surface area contributed by atoms with Crippen LogP contribution in [0, 0.1) is 0 Å². The van der Waals surface area contributed by atoms with E-state index in [0.717, 1.165) is 121 Å². The number of furan rings is 2. The van der Waals surface area contributed by atoms with Crippen LogP contribution in [0.2, 0.25) is 0 Å². The van der Waals surface area contributed by atoms with Gasteiger partial charge in [0.05, 0.1) is 27.8 Å². The first-order valence-corrected chi connectivity index (χ1v) is 22.8. The first-order chi connectivity index (χ1) is 33.7. The van der Waals surface area contributed by atoms with E-state index in [9.17, 15) is 0 Å². The molecule has 0 amide bonds. The lowest BCUT2D eigenvalue weighted by Gasteiger charge is -2.16. The van der Waals surface area contributed by atoms with Crippen LogP contribution in [0.4, 0.5) is 0 Å². The first-order valence-electron chi connectivity index (χ1n) is 22.8. The highest BCUT2D eigenvalue weighted by Crippen LogP contribution is 2.44. The van der Waals surface area contributed by atoms with Gasteiger partial charge in [-0.05, 0) is 77.5 Å². The molecule has 7 heteroatoms. The van der Waals surface area contributed by atoms with Gasteiger partial charge in [-0.1, -0.05) is 140 Å². The number of hydrogen-bond donors (Lipinski definition) is 0. The summed E-state index contributed by atoms with van der Waals surface area (Å²) < 4.78 is 17.9. The molecule has 0 unspecified atom stereocenters. The highest BCUT2D eigenvalue weighted by molar-refractivity contribution is 6.17. The molecule has 0 fully saturated rings. The Kier molecular flexibility index (Phi) is 7.65. The standard InChI is InChI=1S/C61H35N5O2/c1-2-18-38(19-3-1)65-49-27-11-7-22-41(49)57-43(24-14-28-50(57)65)59-62-60(44-25-15-31-55-58(44)42-23-9-13-30-54(42)67-55)64-61(63-59)47-34-46-40-21-8-12-29-53(40)68-56(46)35-52(47)66-48-26-10-6-20-39(48)45-32-36-16-4-5-17-37(36)33-51(45)66/h1-35H. The van der Waals surface area contributed by atoms with Gasteiger partial charge in [0.1, 0.15) is 22.3 Å². The second-order valence-electron chi connectivity index (χ2n) is 17.5. The third-order valence-electron chi connectivity index (χ3n) is 13.7. The Morgan fingerprint density at radius 2 is 0.838 bits per heavy atom. The van der Waals surface area contributed by atoms with Gasteiger partial charge >= 0.3 is 0 Å². The maximum atomic E-state index is 6.69. The molecule has 0 aliphatic carbocycles. The predicted molar refractivity (Wildman–Crippen MR) is 277 cm³/mol. The maximum Gasteiger partial charge on any atom is 0.166 e. The Balaban J connectivity index is 1.09. The summed E-state index contributed by atoms with van der Waals surface area (Å²) in [4.78, 5) is 16.7. The molecule has 68 heavy (non-hydrogen) atoms. The van der Waals surface area contributed by atoms with Crippen LogP contribution in [-0.2, 0) is 0 Å². The predicted octanol–water partition coefficient (Wildman–Crippen LogP) is 16.0. The molecular formula is C61H35N5O2. The third kappa shape index (κ3) is 5.32. The van der Waals surface area contributed by atoms with Crippen LogP contribution in [0.5, 0.6) is 0 Å². The van der Waals surface area contributed by atoms with E-state index in [1.807, 2.05) is 42.5 Å². The molecule has 0 bridgehead atoms. The third-order valence-corrected chi connectivity index (χ3v) is 13.7. The average Bonchev–Trinajstić information content (AvgIpc) is 4.15. The Morgan fingerprint density at radius 3 is 1.62 bits per heavy atom. The van der Waals surface area contributed by atoms with Gasteiger partial charge in [0.25, 0.3) is 0 Å². The van der Waals surface area contributed by atoms with E-state index in [4.69, 9.17) is 23.8 Å². The van der Waals surface area contributed by atoms with Crippen LogP contribution in [0.25, 0.3) is 144 Å². The van der Waals surface area contributed by atoms with Crippen molar-refractivity contribution in [3.05, 3.63) is 212 Å². The zero-order valence-corrected chi connectivity index (χ0v) is 36.3. The quantitative estimate of drug-likeness (QED) is 0.172. The summed E-state index contributed by atoms with van der Waals surface area (Å²) in [6.45, 7) is 0. The van der Waals surface area contributed by atoms with Crippen molar-refractivity contribution in [2.75, 3.05) is 0 Å². The van der Waals surface area contributed by atoms with E-state index < -0.39 is 0 Å². The van der Waals surface area contributed by atoms with Crippen LogP contribution in [0.1, 0.15) is 0 Å². The van der Waals surface area contributed by atoms with E-state index in [1.165, 1.54) is 5.39 Å². The molecule has 5 heterocycles. The summed E-state index contributed by atoms with van der Waals surface area (Å²) in [6, 6.07) is 74.3. The second kappa shape index (κ2) is 14.1. The van der Waals surface area contributed by atoms with Crippen molar-refractivity contribution in [1.29, 1.82) is 0 Å². The number of para-hydroxylation sites is 5. The molecule has 0 radical (unpaired) electrons. The normalized spacial score (nSPS) is 12.1. The van der Waals surface area contributed by atoms with Gasteiger partial charge in [0.2, 0.25) is 0 Å². The van der Waals surface area contributed by atoms with Crippen LogP contribution in [-0.4, -0.2) is 24.1 Å². The molecule has 0 aliphatic heterocycles. The molecule has 0 N–H and O–H groups in total. The summed E-state index contributed by atoms with van der Waals surface area (Å²) in [5, 5.41) is 10.8. The van der Waals surface area contributed by atoms with Crippen molar-refractivity contribution in [2.24, 2.45) is 0 Å². The molecule has 15 rings (SSSR count). The molecule has 10 aromatic carbocycles. The number of benzene rings is 10. The van der Waals surface area contributed by atoms with E-state index in [1.54, 1.807) is 0 Å². The molecule has 0 aliphatic rings. The van der Waals surface area contributed by atoms with E-state index >= 15 is 0 Å². The van der Waals surface area contributed by atoms with Gasteiger partial charge in [0.15, 0.2) is 17.5 Å². The van der Waals surface area contributed by atoms with Gasteiger partial charge in [0, 0.05) is 71.5 Å². The van der Waals surface area contributed by atoms with Gasteiger partial charge < -0.3 is 18.0 Å². The minimum atomic E-state index is 0.535. The molecule has 0 atom stereocenters. The molecule has 0 saturated heterocycles. The van der Waals surface area contributed by atoms with Crippen molar-refractivity contribution >= 4 is 98.3 Å². The summed E-state index contributed by atoms with van der Waals surface area (Å²) >= 11 is 0. The fraction of sp³-hybridized carbons (Fsp3) is 0. The van der Waals surface area contributed by atoms with Gasteiger partial charge in [-0.3, -0.25) is 0 Å². The lowest BCUT2D eigenvalue weighted by molar-refractivity contribution is 0.668. The summed E-state index contributed by atoms with van der Waals surface area (Å²) in [7, 11) is 0. The van der Waals surface area contributed by atoms with Crippen LogP contribution in [0.15, 0.2) is 221 Å². The lowest BCUT2D eigenvalue weighted by Crippen LogP contribution is -2.04. The smallest absolute Gasteiger partial charge is 0.166 e. The molecule has 0 saturated carbocycles. The Morgan fingerprint density at radius 1 is 0.294 bits per heavy atom. The number of aromatic nitrogens is 5. The minimum Gasteiger partial charge on any atom is -0.456 e. The lowest BCUT2D eigenvalue weighted by atomic mass is 10.0. The highest BCUT2D eigenvalue weighted by atomic mass is 16.3. The molecule has 316 valence electrons. The van der Waals surface area contributed by atoms with Gasteiger partial charge in [-0.15, -0.1) is 0 Å². The maximum absolute atomic E-state index is 6.69. The topological polar surface area (TPSA) is 74.8 Å². The fourth-order valence-corrected chi connectivity index (χ4v) is 10.8. The highest BCUT2D eigenvalue weighted by Gasteiger charge is 2.25. The average molecular weight is 870 g/mol. The van der Waals surface area contributed by atoms with Crippen molar-refractivity contribution < 1.29 is 8.83 Å². The SMILES string of the molecule is c1ccc(-n2c3ccccc3c3c(-c4nc(-c5cc6c(cc5-n5c7ccccc7c7cc8ccccc8cc75)oc5ccccc56)nc(-c5cccc6oc7ccccc7c56)n4)cccc32)cc1. The van der Waals surface area contributed by atoms with Crippen LogP contribution < -0.4 is 0 Å². The number of rotatable bonds is 5. The zero-order chi connectivity index (χ0) is 44.5. The molecule has 15 aromatic rings. The fourth-order valence-electron chi connectivity index (χ4n) is 10.8. The summed E-state index contributed by atoms with van der Waals surface area (Å²) in [6.07, 6.45) is 0. The van der Waals surface area contributed by atoms with Crippen LogP contribution >= 0.6 is 0 Å². The summed E-state index contributed by atoms with van der Waals surface area (Å²) in [5.41, 5.74) is 12.0. The van der Waals surface area contributed by atoms with Crippen molar-refractivity contribution in [3.8, 4) is 45.5 Å². The summed E-state index contributed by atoms with van der Waals surface area (Å²) in [5.74, 6) is 1.64. The number of hydrogen-bond acceptors (Lipinski definition) is 5. The van der Waals surface area contributed by atoms with Crippen molar-refractivity contribution in [2.45, 2.75) is 0 Å². The second-order valence-corrected chi connectivity index (χ2v) is 17.5. The van der Waals surface area contributed by atoms with E-state index in [-0.39, 0.29) is 0 Å². The Labute approximate surface area is 387 Å². The first kappa shape index (κ1) is 36.9. The Bertz CT molecular complexity index is 4570. The van der Waals surface area contributed by atoms with Gasteiger partial charge in [-0.25, -0.2) is 15.0 Å². The largest absolute Gasteiger partial charge is 0.456 e. The molecule has 5 aromatic heterocycles. The van der Waals surface area contributed by atoms with Crippen molar-refractivity contribution in [1.82, 2.24) is 24.1 Å². The number of nitrogens with zero attached hydrogens (tertiary/aromatic N) is 5. The van der Waals surface area contributed by atoms with Gasteiger partial charge in [-0.2, -0.15) is 0 Å². The molecule has 0 spiro atoms. The van der Waals surface area contributed by atoms with Crippen molar-refractivity contribution in [3.63, 3.8) is 0 Å². The van der Waals surface area contributed by atoms with E-state index in [0.29, 0.717) is 17.5 Å². The Hall–Kier alpha value is -9.33. The molecule has 7 nitrogen and oxygen atoms in total. The van der Waals surface area contributed by atoms with Crippen LogP contribution in [0.3, 0.4) is 0 Å². The van der Waals surface area contributed by atoms with E-state index in [2.05, 4.69) is 179 Å². The monoisotopic (exact) mass is 869 g/mol. The number of fused-ring (bicyclic) bond motifs is 13.